The predicted molar refractivity (Wildman–Crippen MR) is 72.5 cm³/mol. The van der Waals surface area contributed by atoms with Gasteiger partial charge in [-0.3, -0.25) is 4.79 Å². The maximum atomic E-state index is 13.1. The number of carbonyl (C=O) groups is 2. The van der Waals surface area contributed by atoms with E-state index in [1.165, 1.54) is 18.2 Å². The largest absolute Gasteiger partial charge is 0.480 e. The summed E-state index contributed by atoms with van der Waals surface area (Å²) in [6.07, 6.45) is 0.00362. The van der Waals surface area contributed by atoms with Crippen LogP contribution in [0, 0.1) is 11.7 Å². The Hall–Kier alpha value is -1.95. The van der Waals surface area contributed by atoms with Crippen molar-refractivity contribution in [2.45, 2.75) is 32.4 Å². The molecule has 0 fully saturated rings. The standard InChI is InChI=1S/C14H19FN2O3/c1-8(2)12(16)13(18)17-11(14(19)20)7-9-4-3-5-10(15)6-9/h3-6,8,11-12H,7,16H2,1-2H3,(H,17,18)(H,19,20). The van der Waals surface area contributed by atoms with E-state index in [0.717, 1.165) is 0 Å². The summed E-state index contributed by atoms with van der Waals surface area (Å²) in [6.45, 7) is 3.54. The molecule has 0 aliphatic rings. The first kappa shape index (κ1) is 16.1. The van der Waals surface area contributed by atoms with Gasteiger partial charge in [-0.2, -0.15) is 0 Å². The van der Waals surface area contributed by atoms with E-state index in [1.54, 1.807) is 19.9 Å². The molecule has 0 bridgehead atoms. The minimum absolute atomic E-state index is 0.00362. The minimum atomic E-state index is -1.18. The topological polar surface area (TPSA) is 92.4 Å². The Balaban J connectivity index is 2.75. The molecule has 1 amide bonds. The summed E-state index contributed by atoms with van der Waals surface area (Å²) in [4.78, 5) is 23.0. The molecule has 1 aromatic rings. The van der Waals surface area contributed by atoms with Gasteiger partial charge >= 0.3 is 5.97 Å². The number of hydrogen-bond acceptors (Lipinski definition) is 3. The highest BCUT2D eigenvalue weighted by molar-refractivity contribution is 5.87. The fourth-order valence-corrected chi connectivity index (χ4v) is 1.67. The fraction of sp³-hybridized carbons (Fsp3) is 0.429. The van der Waals surface area contributed by atoms with Crippen molar-refractivity contribution < 1.29 is 19.1 Å². The number of carboxylic acid groups (broad SMARTS) is 1. The summed E-state index contributed by atoms with van der Waals surface area (Å²) >= 11 is 0. The highest BCUT2D eigenvalue weighted by atomic mass is 19.1. The van der Waals surface area contributed by atoms with E-state index in [2.05, 4.69) is 5.32 Å². The maximum Gasteiger partial charge on any atom is 0.326 e. The van der Waals surface area contributed by atoms with E-state index in [4.69, 9.17) is 10.8 Å². The molecule has 5 nitrogen and oxygen atoms in total. The summed E-state index contributed by atoms with van der Waals surface area (Å²) in [5.74, 6) is -2.25. The smallest absolute Gasteiger partial charge is 0.326 e. The van der Waals surface area contributed by atoms with Crippen molar-refractivity contribution in [3.63, 3.8) is 0 Å². The third-order valence-electron chi connectivity index (χ3n) is 2.96. The zero-order valence-corrected chi connectivity index (χ0v) is 11.5. The second-order valence-corrected chi connectivity index (χ2v) is 5.00. The van der Waals surface area contributed by atoms with Crippen LogP contribution in [0.25, 0.3) is 0 Å². The Labute approximate surface area is 117 Å². The average Bonchev–Trinajstić information content (AvgIpc) is 2.36. The highest BCUT2D eigenvalue weighted by Gasteiger charge is 2.25. The lowest BCUT2D eigenvalue weighted by atomic mass is 10.0. The number of nitrogens with two attached hydrogens (primary N) is 1. The van der Waals surface area contributed by atoms with Gasteiger partial charge in [-0.1, -0.05) is 26.0 Å². The number of benzene rings is 1. The van der Waals surface area contributed by atoms with Crippen molar-refractivity contribution in [3.8, 4) is 0 Å². The quantitative estimate of drug-likeness (QED) is 0.723. The molecule has 4 N–H and O–H groups in total. The molecule has 6 heteroatoms. The SMILES string of the molecule is CC(C)C(N)C(=O)NC(Cc1cccc(F)c1)C(=O)O. The van der Waals surface area contributed by atoms with E-state index in [-0.39, 0.29) is 12.3 Å². The number of rotatable bonds is 6. The Morgan fingerprint density at radius 1 is 1.40 bits per heavy atom. The first-order valence-corrected chi connectivity index (χ1v) is 6.34. The fourth-order valence-electron chi connectivity index (χ4n) is 1.67. The van der Waals surface area contributed by atoms with Crippen LogP contribution < -0.4 is 11.1 Å². The van der Waals surface area contributed by atoms with E-state index in [1.807, 2.05) is 0 Å². The van der Waals surface area contributed by atoms with Crippen molar-refractivity contribution in [3.05, 3.63) is 35.6 Å². The number of hydrogen-bond donors (Lipinski definition) is 3. The summed E-state index contributed by atoms with van der Waals surface area (Å²) in [7, 11) is 0. The van der Waals surface area contributed by atoms with Gasteiger partial charge in [-0.25, -0.2) is 9.18 Å². The van der Waals surface area contributed by atoms with Crippen LogP contribution >= 0.6 is 0 Å². The molecule has 0 aromatic heterocycles. The van der Waals surface area contributed by atoms with Crippen LogP contribution in [0.5, 0.6) is 0 Å². The number of amides is 1. The second kappa shape index (κ2) is 7.00. The normalized spacial score (nSPS) is 13.8. The lowest BCUT2D eigenvalue weighted by Crippen LogP contribution is -2.51. The highest BCUT2D eigenvalue weighted by Crippen LogP contribution is 2.07. The number of halogens is 1. The monoisotopic (exact) mass is 282 g/mol. The van der Waals surface area contributed by atoms with E-state index >= 15 is 0 Å². The summed E-state index contributed by atoms with van der Waals surface area (Å²) in [5.41, 5.74) is 6.16. The molecular weight excluding hydrogens is 263 g/mol. The van der Waals surface area contributed by atoms with Crippen molar-refractivity contribution >= 4 is 11.9 Å². The molecule has 1 rings (SSSR count). The summed E-state index contributed by atoms with van der Waals surface area (Å²) < 4.78 is 13.1. The molecule has 1 aromatic carbocycles. The van der Waals surface area contributed by atoms with Crippen molar-refractivity contribution in [2.75, 3.05) is 0 Å². The zero-order chi connectivity index (χ0) is 15.3. The first-order chi connectivity index (χ1) is 9.31. The van der Waals surface area contributed by atoms with E-state index < -0.39 is 29.8 Å². The molecular formula is C14H19FN2O3. The van der Waals surface area contributed by atoms with Crippen LogP contribution in [-0.2, 0) is 16.0 Å². The molecule has 0 saturated carbocycles. The number of aliphatic carboxylic acids is 1. The third kappa shape index (κ3) is 4.62. The van der Waals surface area contributed by atoms with Crippen molar-refractivity contribution in [2.24, 2.45) is 11.7 Å². The molecule has 0 spiro atoms. The molecule has 2 atom stereocenters. The summed E-state index contributed by atoms with van der Waals surface area (Å²) in [6, 6.07) is 3.70. The van der Waals surface area contributed by atoms with Gasteiger partial charge < -0.3 is 16.2 Å². The maximum absolute atomic E-state index is 13.1. The Morgan fingerprint density at radius 2 is 2.05 bits per heavy atom. The van der Waals surface area contributed by atoms with Gasteiger partial charge in [0.1, 0.15) is 11.9 Å². The van der Waals surface area contributed by atoms with E-state index in [0.29, 0.717) is 5.56 Å². The van der Waals surface area contributed by atoms with Gasteiger partial charge in [0, 0.05) is 6.42 Å². The lowest BCUT2D eigenvalue weighted by Gasteiger charge is -2.19. The minimum Gasteiger partial charge on any atom is -0.480 e. The summed E-state index contributed by atoms with van der Waals surface area (Å²) in [5, 5.41) is 11.5. The average molecular weight is 282 g/mol. The predicted octanol–water partition coefficient (Wildman–Crippen LogP) is 0.921. The van der Waals surface area contributed by atoms with E-state index in [9.17, 15) is 14.0 Å². The Bertz CT molecular complexity index is 491. The van der Waals surface area contributed by atoms with Crippen molar-refractivity contribution in [1.29, 1.82) is 0 Å². The van der Waals surface area contributed by atoms with Crippen LogP contribution in [0.4, 0.5) is 4.39 Å². The van der Waals surface area contributed by atoms with Gasteiger partial charge in [-0.05, 0) is 23.6 Å². The molecule has 2 unspecified atom stereocenters. The third-order valence-corrected chi connectivity index (χ3v) is 2.96. The van der Waals surface area contributed by atoms with Crippen LogP contribution in [0.15, 0.2) is 24.3 Å². The van der Waals surface area contributed by atoms with Gasteiger partial charge in [0.05, 0.1) is 6.04 Å². The van der Waals surface area contributed by atoms with Gasteiger partial charge in [0.25, 0.3) is 0 Å². The molecule has 0 saturated heterocycles. The lowest BCUT2D eigenvalue weighted by molar-refractivity contribution is -0.142. The van der Waals surface area contributed by atoms with Crippen LogP contribution in [0.3, 0.4) is 0 Å². The Kier molecular flexibility index (Phi) is 5.64. The first-order valence-electron chi connectivity index (χ1n) is 6.34. The van der Waals surface area contributed by atoms with Gasteiger partial charge in [0.2, 0.25) is 5.91 Å². The Morgan fingerprint density at radius 3 is 2.55 bits per heavy atom. The van der Waals surface area contributed by atoms with Gasteiger partial charge in [0.15, 0.2) is 0 Å². The second-order valence-electron chi connectivity index (χ2n) is 5.00. The van der Waals surface area contributed by atoms with Crippen LogP contribution in [0.2, 0.25) is 0 Å². The molecule has 110 valence electrons. The number of nitrogens with one attached hydrogen (secondary N) is 1. The number of carboxylic acids is 1. The van der Waals surface area contributed by atoms with Crippen LogP contribution in [0.1, 0.15) is 19.4 Å². The zero-order valence-electron chi connectivity index (χ0n) is 11.5. The molecule has 0 heterocycles. The molecule has 0 aliphatic heterocycles. The van der Waals surface area contributed by atoms with Crippen LogP contribution in [-0.4, -0.2) is 29.1 Å². The molecule has 20 heavy (non-hydrogen) atoms. The van der Waals surface area contributed by atoms with Gasteiger partial charge in [-0.15, -0.1) is 0 Å². The van der Waals surface area contributed by atoms with Crippen molar-refractivity contribution in [1.82, 2.24) is 5.32 Å². The number of carbonyl (C=O) groups excluding carboxylic acids is 1. The molecule has 0 radical (unpaired) electrons. The molecule has 0 aliphatic carbocycles.